The molecule has 41 heavy (non-hydrogen) atoms. The Morgan fingerprint density at radius 1 is 0.902 bits per heavy atom. The van der Waals surface area contributed by atoms with Gasteiger partial charge in [-0.3, -0.25) is 19.2 Å². The lowest BCUT2D eigenvalue weighted by atomic mass is 9.77. The minimum atomic E-state index is -1.33. The minimum absolute atomic E-state index is 0.143. The summed E-state index contributed by atoms with van der Waals surface area (Å²) in [5, 5.41) is 0. The normalized spacial score (nSPS) is 38.2. The van der Waals surface area contributed by atoms with Gasteiger partial charge in [-0.2, -0.15) is 0 Å². The van der Waals surface area contributed by atoms with Crippen LogP contribution in [0.2, 0.25) is 0 Å². The van der Waals surface area contributed by atoms with Gasteiger partial charge in [0.15, 0.2) is 24.6 Å². The summed E-state index contributed by atoms with van der Waals surface area (Å²) in [6, 6.07) is 0. The van der Waals surface area contributed by atoms with Crippen LogP contribution in [0.25, 0.3) is 0 Å². The number of carbonyl (C=O) groups is 5. The van der Waals surface area contributed by atoms with Crippen molar-refractivity contribution >= 4 is 29.8 Å². The van der Waals surface area contributed by atoms with E-state index in [-0.39, 0.29) is 24.4 Å². The van der Waals surface area contributed by atoms with Crippen LogP contribution in [0.1, 0.15) is 60.3 Å². The number of rotatable bonds is 7. The predicted octanol–water partition coefficient (Wildman–Crippen LogP) is 2.32. The molecule has 2 saturated carbocycles. The van der Waals surface area contributed by atoms with Crippen LogP contribution in [0.15, 0.2) is 24.3 Å². The van der Waals surface area contributed by atoms with Crippen molar-refractivity contribution in [2.45, 2.75) is 103 Å². The van der Waals surface area contributed by atoms with Crippen LogP contribution in [0.5, 0.6) is 0 Å². The third-order valence-corrected chi connectivity index (χ3v) is 8.45. The van der Waals surface area contributed by atoms with Crippen LogP contribution < -0.4 is 0 Å². The topological polar surface area (TPSA) is 150 Å². The molecule has 4 fully saturated rings. The standard InChI is InChI=1S/C29H38O12/c1-13-8-9-20-22(13)23-19(14(2)27(34)40-23)10-11-29(20,7)41-28-26(38-18(6)33)25(37-17(5)32)24(36-16(4)31)21(39-28)12-35-15(3)30/h19-26,28H,1-2,8-12H2,3-7H3/t19-,20+,21+,22-,23-,24+,25-,26+,28-,29+/m0/s1. The fourth-order valence-corrected chi connectivity index (χ4v) is 6.73. The van der Waals surface area contributed by atoms with Crippen molar-refractivity contribution in [3.8, 4) is 0 Å². The molecule has 226 valence electrons. The van der Waals surface area contributed by atoms with Gasteiger partial charge in [0.1, 0.15) is 18.8 Å². The first-order chi connectivity index (χ1) is 19.2. The average Bonchev–Trinajstić information content (AvgIpc) is 3.34. The fourth-order valence-electron chi connectivity index (χ4n) is 6.73. The minimum Gasteiger partial charge on any atom is -0.463 e. The van der Waals surface area contributed by atoms with E-state index in [0.29, 0.717) is 31.3 Å². The second-order valence-electron chi connectivity index (χ2n) is 11.4. The van der Waals surface area contributed by atoms with Gasteiger partial charge in [-0.05, 0) is 38.5 Å². The third kappa shape index (κ3) is 6.33. The lowest BCUT2D eigenvalue weighted by molar-refractivity contribution is -0.335. The molecule has 4 rings (SSSR count). The van der Waals surface area contributed by atoms with Gasteiger partial charge in [-0.1, -0.05) is 18.7 Å². The maximum atomic E-state index is 12.4. The summed E-state index contributed by atoms with van der Waals surface area (Å²) >= 11 is 0. The summed E-state index contributed by atoms with van der Waals surface area (Å²) in [6.45, 7) is 14.5. The molecule has 2 aliphatic carbocycles. The molecule has 0 spiro atoms. The van der Waals surface area contributed by atoms with E-state index in [2.05, 4.69) is 13.2 Å². The zero-order chi connectivity index (χ0) is 30.2. The number of esters is 5. The Kier molecular flexibility index (Phi) is 8.93. The maximum absolute atomic E-state index is 12.4. The van der Waals surface area contributed by atoms with Gasteiger partial charge in [0.25, 0.3) is 0 Å². The van der Waals surface area contributed by atoms with E-state index in [1.54, 1.807) is 0 Å². The first-order valence-electron chi connectivity index (χ1n) is 13.8. The van der Waals surface area contributed by atoms with Gasteiger partial charge in [-0.25, -0.2) is 4.79 Å². The Bertz CT molecular complexity index is 1130. The highest BCUT2D eigenvalue weighted by Gasteiger charge is 2.59. The molecule has 0 radical (unpaired) electrons. The van der Waals surface area contributed by atoms with E-state index in [1.807, 2.05) is 6.92 Å². The first-order valence-corrected chi connectivity index (χ1v) is 13.8. The Morgan fingerprint density at radius 3 is 2.12 bits per heavy atom. The lowest BCUT2D eigenvalue weighted by Crippen LogP contribution is -2.64. The lowest BCUT2D eigenvalue weighted by Gasteiger charge is -2.48. The predicted molar refractivity (Wildman–Crippen MR) is 139 cm³/mol. The molecule has 0 aromatic carbocycles. The van der Waals surface area contributed by atoms with E-state index in [1.165, 1.54) is 13.8 Å². The van der Waals surface area contributed by atoms with Gasteiger partial charge < -0.3 is 33.2 Å². The molecule has 12 nitrogen and oxygen atoms in total. The second-order valence-corrected chi connectivity index (χ2v) is 11.4. The molecule has 10 atom stereocenters. The van der Waals surface area contributed by atoms with E-state index in [4.69, 9.17) is 33.2 Å². The molecule has 0 aromatic rings. The molecule has 0 bridgehead atoms. The van der Waals surface area contributed by atoms with Crippen molar-refractivity contribution in [1.82, 2.24) is 0 Å². The van der Waals surface area contributed by atoms with E-state index in [0.717, 1.165) is 19.4 Å². The number of ether oxygens (including phenoxy) is 7. The zero-order valence-corrected chi connectivity index (χ0v) is 24.0. The van der Waals surface area contributed by atoms with Crippen molar-refractivity contribution in [2.75, 3.05) is 6.61 Å². The van der Waals surface area contributed by atoms with Gasteiger partial charge in [-0.15, -0.1) is 0 Å². The van der Waals surface area contributed by atoms with Crippen LogP contribution >= 0.6 is 0 Å². The van der Waals surface area contributed by atoms with Crippen LogP contribution in [-0.4, -0.2) is 78.9 Å². The van der Waals surface area contributed by atoms with Crippen molar-refractivity contribution in [1.29, 1.82) is 0 Å². The van der Waals surface area contributed by atoms with Gasteiger partial charge in [0.2, 0.25) is 0 Å². The summed E-state index contributed by atoms with van der Waals surface area (Å²) in [4.78, 5) is 60.5. The van der Waals surface area contributed by atoms with Crippen LogP contribution in [0.3, 0.4) is 0 Å². The molecule has 2 heterocycles. The Labute approximate surface area is 238 Å². The van der Waals surface area contributed by atoms with Crippen LogP contribution in [0.4, 0.5) is 0 Å². The number of hydrogen-bond acceptors (Lipinski definition) is 12. The smallest absolute Gasteiger partial charge is 0.334 e. The van der Waals surface area contributed by atoms with Crippen molar-refractivity contribution in [3.63, 3.8) is 0 Å². The molecule has 0 aromatic heterocycles. The molecule has 12 heteroatoms. The van der Waals surface area contributed by atoms with E-state index >= 15 is 0 Å². The van der Waals surface area contributed by atoms with E-state index in [9.17, 15) is 24.0 Å². The summed E-state index contributed by atoms with van der Waals surface area (Å²) in [6.07, 6.45) is -4.33. The SMILES string of the molecule is C=C1CC[C@@H]2[C@H]1[C@H]1OC(=O)C(=C)[C@@H]1CC[C@@]2(C)O[C@@H]1O[C@H](COC(C)=O)[C@@H](OC(C)=O)[C@H](OC(C)=O)[C@H]1OC(C)=O. The fraction of sp³-hybridized carbons (Fsp3) is 0.690. The number of carbonyl (C=O) groups excluding carboxylic acids is 5. The molecule has 4 aliphatic rings. The summed E-state index contributed by atoms with van der Waals surface area (Å²) in [5.41, 5.74) is 0.473. The summed E-state index contributed by atoms with van der Waals surface area (Å²) in [7, 11) is 0. The number of fused-ring (bicyclic) bond motifs is 3. The highest BCUT2D eigenvalue weighted by molar-refractivity contribution is 5.91. The second kappa shape index (κ2) is 11.9. The van der Waals surface area contributed by atoms with Gasteiger partial charge in [0.05, 0.1) is 5.60 Å². The third-order valence-electron chi connectivity index (χ3n) is 8.45. The molecule has 0 unspecified atom stereocenters. The Hall–Kier alpha value is -3.25. The quantitative estimate of drug-likeness (QED) is 0.189. The first kappa shape index (κ1) is 30.7. The van der Waals surface area contributed by atoms with Gasteiger partial charge in [0, 0.05) is 45.1 Å². The summed E-state index contributed by atoms with van der Waals surface area (Å²) < 4.78 is 40.5. The van der Waals surface area contributed by atoms with Crippen LogP contribution in [0, 0.1) is 17.8 Å². The molecule has 2 aliphatic heterocycles. The molecule has 2 saturated heterocycles. The van der Waals surface area contributed by atoms with Crippen molar-refractivity contribution < 1.29 is 57.1 Å². The highest BCUT2D eigenvalue weighted by atomic mass is 16.7. The number of hydrogen-bond donors (Lipinski definition) is 0. The molecule has 0 N–H and O–H groups in total. The maximum Gasteiger partial charge on any atom is 0.334 e. The van der Waals surface area contributed by atoms with Crippen molar-refractivity contribution in [3.05, 3.63) is 24.3 Å². The molecule has 0 amide bonds. The van der Waals surface area contributed by atoms with Crippen LogP contribution in [-0.2, 0) is 57.1 Å². The zero-order valence-electron chi connectivity index (χ0n) is 24.0. The summed E-state index contributed by atoms with van der Waals surface area (Å²) in [5.74, 6) is -3.69. The van der Waals surface area contributed by atoms with Crippen molar-refractivity contribution in [2.24, 2.45) is 17.8 Å². The molecular weight excluding hydrogens is 540 g/mol. The average molecular weight is 579 g/mol. The Balaban J connectivity index is 1.72. The molecular formula is C29H38O12. The Morgan fingerprint density at radius 2 is 1.51 bits per heavy atom. The monoisotopic (exact) mass is 578 g/mol. The van der Waals surface area contributed by atoms with E-state index < -0.39 is 72.3 Å². The van der Waals surface area contributed by atoms with Gasteiger partial charge >= 0.3 is 29.8 Å². The largest absolute Gasteiger partial charge is 0.463 e. The highest BCUT2D eigenvalue weighted by Crippen LogP contribution is 2.55.